The first-order valence-electron chi connectivity index (χ1n) is 11.9. The van der Waals surface area contributed by atoms with Gasteiger partial charge in [0.2, 0.25) is 0 Å². The highest BCUT2D eigenvalue weighted by atomic mass is 16.2. The minimum Gasteiger partial charge on any atom is -0.369 e. The van der Waals surface area contributed by atoms with E-state index in [1.54, 1.807) is 0 Å². The summed E-state index contributed by atoms with van der Waals surface area (Å²) in [5.41, 5.74) is 4.61. The van der Waals surface area contributed by atoms with Crippen molar-refractivity contribution < 1.29 is 4.79 Å². The first kappa shape index (κ1) is 20.3. The number of fused-ring (bicyclic) bond motifs is 1. The van der Waals surface area contributed by atoms with Crippen LogP contribution in [0.15, 0.2) is 54.6 Å². The van der Waals surface area contributed by atoms with Crippen LogP contribution in [0.4, 0.5) is 5.69 Å². The average molecular weight is 416 g/mol. The third kappa shape index (κ3) is 4.54. The molecule has 0 aromatic heterocycles. The van der Waals surface area contributed by atoms with E-state index in [1.807, 2.05) is 0 Å². The van der Waals surface area contributed by atoms with Gasteiger partial charge in [-0.1, -0.05) is 67.8 Å². The van der Waals surface area contributed by atoms with Crippen molar-refractivity contribution in [1.29, 1.82) is 0 Å². The summed E-state index contributed by atoms with van der Waals surface area (Å²) in [6.45, 7) is 5.93. The quantitative estimate of drug-likeness (QED) is 0.701. The molecule has 5 rings (SSSR count). The van der Waals surface area contributed by atoms with Gasteiger partial charge in [-0.05, 0) is 36.1 Å². The third-order valence-corrected chi connectivity index (χ3v) is 7.15. The molecule has 1 amide bonds. The Kier molecular flexibility index (Phi) is 6.08. The molecule has 162 valence electrons. The normalized spacial score (nSPS) is 20.6. The van der Waals surface area contributed by atoms with Crippen LogP contribution in [-0.4, -0.2) is 54.5 Å². The van der Waals surface area contributed by atoms with E-state index in [0.29, 0.717) is 6.04 Å². The zero-order valence-corrected chi connectivity index (χ0v) is 18.4. The maximum Gasteiger partial charge on any atom is 0.254 e. The third-order valence-electron chi connectivity index (χ3n) is 7.15. The number of hydrogen-bond acceptors (Lipinski definition) is 3. The molecule has 0 atom stereocenters. The molecule has 2 aromatic carbocycles. The van der Waals surface area contributed by atoms with Crippen molar-refractivity contribution in [2.75, 3.05) is 37.6 Å². The van der Waals surface area contributed by atoms with Crippen LogP contribution in [0.25, 0.3) is 6.08 Å². The summed E-state index contributed by atoms with van der Waals surface area (Å²) in [4.78, 5) is 20.2. The summed E-state index contributed by atoms with van der Waals surface area (Å²) < 4.78 is 0. The van der Waals surface area contributed by atoms with E-state index in [9.17, 15) is 4.79 Å². The first-order valence-corrected chi connectivity index (χ1v) is 11.9. The number of amides is 1. The van der Waals surface area contributed by atoms with E-state index in [4.69, 9.17) is 0 Å². The van der Waals surface area contributed by atoms with Gasteiger partial charge in [0.25, 0.3) is 5.91 Å². The number of rotatable bonds is 5. The summed E-state index contributed by atoms with van der Waals surface area (Å²) in [6.07, 6.45) is 10.7. The molecule has 0 unspecified atom stereocenters. The van der Waals surface area contributed by atoms with Crippen molar-refractivity contribution in [2.24, 2.45) is 0 Å². The molecule has 31 heavy (non-hydrogen) atoms. The molecule has 1 aliphatic carbocycles. The Bertz CT molecular complexity index is 925. The molecule has 0 spiro atoms. The predicted octanol–water partition coefficient (Wildman–Crippen LogP) is 4.81. The lowest BCUT2D eigenvalue weighted by Gasteiger charge is -2.35. The van der Waals surface area contributed by atoms with E-state index >= 15 is 0 Å². The zero-order valence-electron chi connectivity index (χ0n) is 18.4. The van der Waals surface area contributed by atoms with E-state index in [-0.39, 0.29) is 5.91 Å². The Morgan fingerprint density at radius 3 is 2.45 bits per heavy atom. The summed E-state index contributed by atoms with van der Waals surface area (Å²) in [7, 11) is 0. The number of piperazine rings is 1. The van der Waals surface area contributed by atoms with E-state index in [1.165, 1.54) is 48.9 Å². The maximum atomic E-state index is 13.1. The smallest absolute Gasteiger partial charge is 0.254 e. The lowest BCUT2D eigenvalue weighted by Crippen LogP contribution is -2.46. The molecule has 4 nitrogen and oxygen atoms in total. The number of carbonyl (C=O) groups is 1. The highest BCUT2D eigenvalue weighted by Gasteiger charge is 2.33. The first-order chi connectivity index (χ1) is 15.3. The topological polar surface area (TPSA) is 26.8 Å². The highest BCUT2D eigenvalue weighted by molar-refractivity contribution is 5.99. The molecular weight excluding hydrogens is 382 g/mol. The Balaban J connectivity index is 1.17. The van der Waals surface area contributed by atoms with Crippen LogP contribution in [0.1, 0.15) is 53.6 Å². The van der Waals surface area contributed by atoms with Crippen LogP contribution >= 0.6 is 0 Å². The molecular formula is C27H33N3O. The molecule has 2 aliphatic heterocycles. The highest BCUT2D eigenvalue weighted by Crippen LogP contribution is 2.33. The van der Waals surface area contributed by atoms with Crippen LogP contribution in [0, 0.1) is 0 Å². The molecule has 0 radical (unpaired) electrons. The molecule has 3 aliphatic rings. The largest absolute Gasteiger partial charge is 0.369 e. The van der Waals surface area contributed by atoms with Crippen LogP contribution in [0.2, 0.25) is 0 Å². The number of anilines is 1. The fourth-order valence-electron chi connectivity index (χ4n) is 5.29. The summed E-state index contributed by atoms with van der Waals surface area (Å²) in [5.74, 6) is 0.258. The number of benzene rings is 2. The van der Waals surface area contributed by atoms with Crippen LogP contribution in [0.5, 0.6) is 0 Å². The van der Waals surface area contributed by atoms with Gasteiger partial charge in [-0.15, -0.1) is 0 Å². The van der Waals surface area contributed by atoms with Crippen molar-refractivity contribution in [3.63, 3.8) is 0 Å². The van der Waals surface area contributed by atoms with E-state index in [2.05, 4.69) is 75.4 Å². The number of hydrogen-bond donors (Lipinski definition) is 0. The average Bonchev–Trinajstić information content (AvgIpc) is 3.17. The molecule has 4 heteroatoms. The minimum atomic E-state index is 0.258. The van der Waals surface area contributed by atoms with Crippen LogP contribution in [-0.2, 0) is 6.54 Å². The second kappa shape index (κ2) is 9.27. The van der Waals surface area contributed by atoms with Crippen molar-refractivity contribution in [2.45, 2.75) is 44.7 Å². The van der Waals surface area contributed by atoms with Gasteiger partial charge >= 0.3 is 0 Å². The van der Waals surface area contributed by atoms with Crippen molar-refractivity contribution in [3.05, 3.63) is 71.3 Å². The SMILES string of the molecule is O=C1c2cc(N3CCN(C/C=C/c4ccccc4)CC3)ccc2CN1C1CCCCC1. The molecule has 1 saturated carbocycles. The lowest BCUT2D eigenvalue weighted by molar-refractivity contribution is 0.0660. The van der Waals surface area contributed by atoms with Gasteiger partial charge in [0.05, 0.1) is 0 Å². The minimum absolute atomic E-state index is 0.258. The maximum absolute atomic E-state index is 13.1. The Morgan fingerprint density at radius 2 is 1.68 bits per heavy atom. The van der Waals surface area contributed by atoms with Gasteiger partial charge in [0.1, 0.15) is 0 Å². The van der Waals surface area contributed by atoms with Crippen molar-refractivity contribution in [1.82, 2.24) is 9.80 Å². The van der Waals surface area contributed by atoms with E-state index < -0.39 is 0 Å². The van der Waals surface area contributed by atoms with Crippen molar-refractivity contribution >= 4 is 17.7 Å². The number of nitrogens with zero attached hydrogens (tertiary/aromatic N) is 3. The molecule has 1 saturated heterocycles. The van der Waals surface area contributed by atoms with Gasteiger partial charge < -0.3 is 9.80 Å². The second-order valence-corrected chi connectivity index (χ2v) is 9.17. The van der Waals surface area contributed by atoms with Crippen molar-refractivity contribution in [3.8, 4) is 0 Å². The molecule has 2 aromatic rings. The summed E-state index contributed by atoms with van der Waals surface area (Å²) in [6, 6.07) is 17.5. The Morgan fingerprint density at radius 1 is 0.903 bits per heavy atom. The molecule has 0 bridgehead atoms. The van der Waals surface area contributed by atoms with Gasteiger partial charge in [0.15, 0.2) is 0 Å². The lowest BCUT2D eigenvalue weighted by atomic mass is 9.94. The second-order valence-electron chi connectivity index (χ2n) is 9.17. The van der Waals surface area contributed by atoms with Gasteiger partial charge in [-0.2, -0.15) is 0 Å². The van der Waals surface area contributed by atoms with Crippen LogP contribution in [0.3, 0.4) is 0 Å². The van der Waals surface area contributed by atoms with Gasteiger partial charge in [-0.3, -0.25) is 9.69 Å². The fraction of sp³-hybridized carbons (Fsp3) is 0.444. The monoisotopic (exact) mass is 415 g/mol. The summed E-state index contributed by atoms with van der Waals surface area (Å²) >= 11 is 0. The summed E-state index contributed by atoms with van der Waals surface area (Å²) in [5, 5.41) is 0. The predicted molar refractivity (Wildman–Crippen MR) is 127 cm³/mol. The van der Waals surface area contributed by atoms with Gasteiger partial charge in [0, 0.05) is 56.6 Å². The Hall–Kier alpha value is -2.59. The molecule has 0 N–H and O–H groups in total. The number of carbonyl (C=O) groups excluding carboxylic acids is 1. The zero-order chi connectivity index (χ0) is 21.0. The standard InChI is InChI=1S/C27H33N3O/c31-27-26-20-25(14-13-23(26)21-30(27)24-11-5-2-6-12-24)29-18-16-28(17-19-29)15-7-10-22-8-3-1-4-9-22/h1,3-4,7-10,13-14,20,24H,2,5-6,11-12,15-19,21H2/b10-7+. The van der Waals surface area contributed by atoms with E-state index in [0.717, 1.165) is 44.8 Å². The molecule has 2 fully saturated rings. The van der Waals surface area contributed by atoms with Gasteiger partial charge in [-0.25, -0.2) is 0 Å². The van der Waals surface area contributed by atoms with Crippen LogP contribution < -0.4 is 4.90 Å². The molecule has 2 heterocycles. The Labute approximate surface area is 186 Å². The fourth-order valence-corrected chi connectivity index (χ4v) is 5.29.